The van der Waals surface area contributed by atoms with Crippen molar-refractivity contribution in [1.29, 1.82) is 0 Å². The second kappa shape index (κ2) is 13.2. The van der Waals surface area contributed by atoms with E-state index in [0.717, 1.165) is 44.6 Å². The van der Waals surface area contributed by atoms with Gasteiger partial charge in [-0.1, -0.05) is 25.6 Å². The van der Waals surface area contributed by atoms with E-state index in [2.05, 4.69) is 34.1 Å². The van der Waals surface area contributed by atoms with Gasteiger partial charge in [0.15, 0.2) is 0 Å². The Labute approximate surface area is 198 Å². The largest absolute Gasteiger partial charge is 0.494 e. The first-order chi connectivity index (χ1) is 16.0. The summed E-state index contributed by atoms with van der Waals surface area (Å²) in [6, 6.07) is 14.9. The highest BCUT2D eigenvalue weighted by Gasteiger charge is 2.18. The predicted molar refractivity (Wildman–Crippen MR) is 130 cm³/mol. The number of carboxylic acid groups (broad SMARTS) is 2. The minimum atomic E-state index is -1.26. The Kier molecular flexibility index (Phi) is 10.3. The Balaban J connectivity index is 0.000000394. The van der Waals surface area contributed by atoms with Gasteiger partial charge < -0.3 is 24.8 Å². The number of aryl methyl sites for hydroxylation is 1. The van der Waals surface area contributed by atoms with Crippen LogP contribution in [0.2, 0.25) is 0 Å². The molecule has 7 nitrogen and oxygen atoms in total. The van der Waals surface area contributed by atoms with Crippen molar-refractivity contribution in [3.63, 3.8) is 0 Å². The molecule has 4 rings (SSSR count). The Morgan fingerprint density at radius 3 is 2.32 bits per heavy atom. The third-order valence-corrected chi connectivity index (χ3v) is 5.26. The van der Waals surface area contributed by atoms with Crippen LogP contribution in [0.15, 0.2) is 60.7 Å². The van der Waals surface area contributed by atoms with Gasteiger partial charge in [-0.15, -0.1) is 0 Å². The number of aromatic nitrogens is 1. The second-order valence-corrected chi connectivity index (χ2v) is 7.51. The molecule has 0 unspecified atom stereocenters. The minimum absolute atomic E-state index is 0. The molecule has 34 heavy (non-hydrogen) atoms. The molecule has 0 saturated heterocycles. The molecule has 8 heteroatoms. The van der Waals surface area contributed by atoms with Crippen molar-refractivity contribution >= 4 is 22.8 Å². The zero-order valence-electron chi connectivity index (χ0n) is 18.2. The highest BCUT2D eigenvalue weighted by molar-refractivity contribution is 5.89. The standard InChI is InChI=1S/C21H23FN2O.C4H4O4.CH4/c22-16-6-8-17(9-7-16)25-15-3-14-24-20-5-2-1-4-18(20)19-10-12-23-13-11-21(19)24;5-3(6)1-2-4(7)8;/h1-2,4-9,23H,3,10-15H2;1-2H,(H,5,6)(H,7,8);1H4/b;2-1-;. The number of fused-ring (bicyclic) bond motifs is 3. The van der Waals surface area contributed by atoms with Gasteiger partial charge in [-0.2, -0.15) is 0 Å². The Hall–Kier alpha value is -3.65. The van der Waals surface area contributed by atoms with E-state index < -0.39 is 11.9 Å². The molecule has 0 saturated carbocycles. The third kappa shape index (κ3) is 7.45. The molecule has 0 fully saturated rings. The molecule has 182 valence electrons. The summed E-state index contributed by atoms with van der Waals surface area (Å²) in [5, 5.41) is 20.5. The van der Waals surface area contributed by atoms with E-state index >= 15 is 0 Å². The maximum Gasteiger partial charge on any atom is 0.328 e. The van der Waals surface area contributed by atoms with E-state index in [0.29, 0.717) is 18.8 Å². The van der Waals surface area contributed by atoms with E-state index in [4.69, 9.17) is 14.9 Å². The van der Waals surface area contributed by atoms with Gasteiger partial charge >= 0.3 is 11.9 Å². The zero-order valence-corrected chi connectivity index (χ0v) is 18.2. The van der Waals surface area contributed by atoms with Crippen LogP contribution in [-0.2, 0) is 29.0 Å². The molecule has 3 aromatic rings. The van der Waals surface area contributed by atoms with Gasteiger partial charge in [0.05, 0.1) is 6.61 Å². The molecule has 1 aromatic heterocycles. The van der Waals surface area contributed by atoms with Crippen LogP contribution < -0.4 is 10.1 Å². The molecule has 0 bridgehead atoms. The molecule has 0 amide bonds. The smallest absolute Gasteiger partial charge is 0.328 e. The highest BCUT2D eigenvalue weighted by atomic mass is 19.1. The normalized spacial score (nSPS) is 12.7. The fourth-order valence-corrected chi connectivity index (χ4v) is 3.88. The Morgan fingerprint density at radius 2 is 1.65 bits per heavy atom. The maximum absolute atomic E-state index is 12.9. The number of nitrogens with zero attached hydrogens (tertiary/aromatic N) is 1. The molecule has 1 aliphatic heterocycles. The number of rotatable bonds is 7. The number of carboxylic acids is 2. The summed E-state index contributed by atoms with van der Waals surface area (Å²) in [6.45, 7) is 3.66. The number of benzene rings is 2. The molecule has 3 N–H and O–H groups in total. The van der Waals surface area contributed by atoms with Crippen molar-refractivity contribution < 1.29 is 28.9 Å². The molecule has 0 aliphatic carbocycles. The molecular formula is C26H31FN2O5. The lowest BCUT2D eigenvalue weighted by molar-refractivity contribution is -0.134. The first kappa shape index (κ1) is 26.6. The Bertz CT molecular complexity index is 1110. The van der Waals surface area contributed by atoms with Crippen LogP contribution in [0.5, 0.6) is 5.75 Å². The van der Waals surface area contributed by atoms with Crippen LogP contribution in [0.1, 0.15) is 25.1 Å². The van der Waals surface area contributed by atoms with Gasteiger partial charge in [0, 0.05) is 48.3 Å². The molecule has 2 heterocycles. The fourth-order valence-electron chi connectivity index (χ4n) is 3.88. The summed E-state index contributed by atoms with van der Waals surface area (Å²) >= 11 is 0. The number of halogens is 1. The maximum atomic E-state index is 12.9. The Morgan fingerprint density at radius 1 is 1.00 bits per heavy atom. The number of ether oxygens (including phenoxy) is 1. The van der Waals surface area contributed by atoms with E-state index in [1.165, 1.54) is 34.3 Å². The lowest BCUT2D eigenvalue weighted by Gasteiger charge is -2.12. The van der Waals surface area contributed by atoms with Gasteiger partial charge in [-0.05, 0) is 55.3 Å². The quantitative estimate of drug-likeness (QED) is 0.352. The van der Waals surface area contributed by atoms with E-state index in [-0.39, 0.29) is 13.2 Å². The third-order valence-electron chi connectivity index (χ3n) is 5.26. The van der Waals surface area contributed by atoms with Crippen molar-refractivity contribution in [1.82, 2.24) is 9.88 Å². The average molecular weight is 471 g/mol. The number of hydrogen-bond acceptors (Lipinski definition) is 4. The van der Waals surface area contributed by atoms with Crippen LogP contribution in [0, 0.1) is 5.82 Å². The predicted octanol–water partition coefficient (Wildman–Crippen LogP) is 4.29. The first-order valence-electron chi connectivity index (χ1n) is 10.8. The molecule has 0 spiro atoms. The zero-order chi connectivity index (χ0) is 23.6. The highest BCUT2D eigenvalue weighted by Crippen LogP contribution is 2.28. The van der Waals surface area contributed by atoms with Crippen LogP contribution >= 0.6 is 0 Å². The summed E-state index contributed by atoms with van der Waals surface area (Å²) in [5.74, 6) is -2.02. The lowest BCUT2D eigenvalue weighted by Crippen LogP contribution is -2.17. The lowest BCUT2D eigenvalue weighted by atomic mass is 10.1. The number of carbonyl (C=O) groups is 2. The van der Waals surface area contributed by atoms with Crippen molar-refractivity contribution in [2.45, 2.75) is 33.2 Å². The first-order valence-corrected chi connectivity index (χ1v) is 10.8. The van der Waals surface area contributed by atoms with E-state index in [1.54, 1.807) is 12.1 Å². The van der Waals surface area contributed by atoms with Crippen LogP contribution in [-0.4, -0.2) is 46.4 Å². The fraction of sp³-hybridized carbons (Fsp3) is 0.308. The van der Waals surface area contributed by atoms with Gasteiger partial charge in [0.25, 0.3) is 0 Å². The number of para-hydroxylation sites is 1. The van der Waals surface area contributed by atoms with Crippen LogP contribution in [0.4, 0.5) is 4.39 Å². The van der Waals surface area contributed by atoms with E-state index in [9.17, 15) is 14.0 Å². The average Bonchev–Trinajstić information content (AvgIpc) is 2.93. The van der Waals surface area contributed by atoms with Gasteiger partial charge in [0.2, 0.25) is 0 Å². The second-order valence-electron chi connectivity index (χ2n) is 7.51. The molecule has 0 atom stereocenters. The van der Waals surface area contributed by atoms with Crippen molar-refractivity contribution in [2.24, 2.45) is 0 Å². The van der Waals surface area contributed by atoms with E-state index in [1.807, 2.05) is 0 Å². The summed E-state index contributed by atoms with van der Waals surface area (Å²) in [4.78, 5) is 19.1. The molecule has 0 radical (unpaired) electrons. The van der Waals surface area contributed by atoms with Crippen molar-refractivity contribution in [3.05, 3.63) is 77.8 Å². The van der Waals surface area contributed by atoms with Crippen molar-refractivity contribution in [2.75, 3.05) is 19.7 Å². The SMILES string of the molecule is C.Fc1ccc(OCCCn2c3c(c4ccccc42)CCNCC3)cc1.O=C(O)/C=C\C(=O)O. The molecule has 1 aliphatic rings. The minimum Gasteiger partial charge on any atom is -0.494 e. The monoisotopic (exact) mass is 470 g/mol. The van der Waals surface area contributed by atoms with Crippen LogP contribution in [0.25, 0.3) is 10.9 Å². The number of hydrogen-bond donors (Lipinski definition) is 3. The topological polar surface area (TPSA) is 101 Å². The number of aliphatic carboxylic acids is 2. The number of nitrogens with one attached hydrogen (secondary N) is 1. The van der Waals surface area contributed by atoms with Gasteiger partial charge in [0.1, 0.15) is 11.6 Å². The molecular weight excluding hydrogens is 439 g/mol. The molecule has 2 aromatic carbocycles. The van der Waals surface area contributed by atoms with Gasteiger partial charge in [-0.3, -0.25) is 0 Å². The van der Waals surface area contributed by atoms with Crippen LogP contribution in [0.3, 0.4) is 0 Å². The van der Waals surface area contributed by atoms with Crippen molar-refractivity contribution in [3.8, 4) is 5.75 Å². The van der Waals surface area contributed by atoms with Gasteiger partial charge in [-0.25, -0.2) is 14.0 Å². The summed E-state index contributed by atoms with van der Waals surface area (Å²) in [7, 11) is 0. The summed E-state index contributed by atoms with van der Waals surface area (Å²) in [6.07, 6.45) is 4.21. The summed E-state index contributed by atoms with van der Waals surface area (Å²) in [5.41, 5.74) is 4.30. The summed E-state index contributed by atoms with van der Waals surface area (Å²) < 4.78 is 21.2.